The lowest BCUT2D eigenvalue weighted by Gasteiger charge is -2.15. The summed E-state index contributed by atoms with van der Waals surface area (Å²) >= 11 is 3.30. The van der Waals surface area contributed by atoms with Crippen molar-refractivity contribution < 1.29 is 9.90 Å². The number of ketones is 1. The van der Waals surface area contributed by atoms with Gasteiger partial charge in [-0.05, 0) is 43.2 Å². The van der Waals surface area contributed by atoms with Crippen LogP contribution in [0.1, 0.15) is 46.8 Å². The van der Waals surface area contributed by atoms with Crippen LogP contribution in [0.5, 0.6) is 5.88 Å². The van der Waals surface area contributed by atoms with Crippen LogP contribution in [0, 0.1) is 18.3 Å². The Kier molecular flexibility index (Phi) is 5.58. The van der Waals surface area contributed by atoms with Crippen LogP contribution in [0.3, 0.4) is 0 Å². The zero-order chi connectivity index (χ0) is 17.9. The Hall–Kier alpha value is -2.39. The van der Waals surface area contributed by atoms with Crippen LogP contribution < -0.4 is 5.56 Å². The van der Waals surface area contributed by atoms with Crippen molar-refractivity contribution in [2.45, 2.75) is 33.2 Å². The predicted molar refractivity (Wildman–Crippen MR) is 94.3 cm³/mol. The monoisotopic (exact) mass is 388 g/mol. The lowest BCUT2D eigenvalue weighted by atomic mass is 9.97. The van der Waals surface area contributed by atoms with Crippen molar-refractivity contribution in [2.24, 2.45) is 0 Å². The van der Waals surface area contributed by atoms with Crippen molar-refractivity contribution in [2.75, 3.05) is 0 Å². The van der Waals surface area contributed by atoms with Crippen LogP contribution >= 0.6 is 15.9 Å². The van der Waals surface area contributed by atoms with Gasteiger partial charge in [-0.3, -0.25) is 14.2 Å². The molecule has 1 N–H and O–H groups in total. The molecule has 0 spiro atoms. The molecule has 0 aliphatic rings. The highest BCUT2D eigenvalue weighted by molar-refractivity contribution is 9.10. The summed E-state index contributed by atoms with van der Waals surface area (Å²) in [6.07, 6.45) is 1.48. The average Bonchev–Trinajstić information content (AvgIpc) is 2.55. The predicted octanol–water partition coefficient (Wildman–Crippen LogP) is 3.53. The molecule has 6 heteroatoms. The molecule has 0 aliphatic carbocycles. The van der Waals surface area contributed by atoms with Gasteiger partial charge in [-0.15, -0.1) is 0 Å². The van der Waals surface area contributed by atoms with E-state index in [0.717, 1.165) is 15.5 Å². The number of benzene rings is 1. The number of aromatic nitrogens is 1. The van der Waals surface area contributed by atoms with Gasteiger partial charge in [0.05, 0.1) is 5.56 Å². The molecule has 1 aromatic heterocycles. The molecule has 0 aliphatic heterocycles. The van der Waals surface area contributed by atoms with E-state index in [4.69, 9.17) is 0 Å². The SMILES string of the molecule is CCCCn1c(O)c(C(=O)c2ccc(Br)cc2)c(C)c(C#N)c1=O. The topological polar surface area (TPSA) is 83.1 Å². The summed E-state index contributed by atoms with van der Waals surface area (Å²) in [6.45, 7) is 3.72. The minimum absolute atomic E-state index is 0.00424. The molecule has 124 valence electrons. The van der Waals surface area contributed by atoms with E-state index in [2.05, 4.69) is 15.9 Å². The van der Waals surface area contributed by atoms with E-state index >= 15 is 0 Å². The fourth-order valence-electron chi connectivity index (χ4n) is 2.49. The van der Waals surface area contributed by atoms with Gasteiger partial charge in [-0.1, -0.05) is 29.3 Å². The molecule has 0 radical (unpaired) electrons. The van der Waals surface area contributed by atoms with Gasteiger partial charge in [-0.2, -0.15) is 5.26 Å². The van der Waals surface area contributed by atoms with Crippen LogP contribution in [0.2, 0.25) is 0 Å². The number of hydrogen-bond donors (Lipinski definition) is 1. The molecule has 5 nitrogen and oxygen atoms in total. The highest BCUT2D eigenvalue weighted by atomic mass is 79.9. The Balaban J connectivity index is 2.69. The molecule has 0 bridgehead atoms. The second-order valence-corrected chi connectivity index (χ2v) is 6.37. The van der Waals surface area contributed by atoms with Crippen molar-refractivity contribution in [1.29, 1.82) is 5.26 Å². The summed E-state index contributed by atoms with van der Waals surface area (Å²) in [5, 5.41) is 19.8. The molecular formula is C18H17BrN2O3. The second-order valence-electron chi connectivity index (χ2n) is 5.46. The molecular weight excluding hydrogens is 372 g/mol. The van der Waals surface area contributed by atoms with Gasteiger partial charge < -0.3 is 5.11 Å². The smallest absolute Gasteiger partial charge is 0.271 e. The minimum atomic E-state index is -0.562. The first-order valence-electron chi connectivity index (χ1n) is 7.59. The number of unbranched alkanes of at least 4 members (excludes halogenated alkanes) is 1. The molecule has 0 atom stereocenters. The van der Waals surface area contributed by atoms with E-state index < -0.39 is 11.3 Å². The van der Waals surface area contributed by atoms with Crippen molar-refractivity contribution >= 4 is 21.7 Å². The van der Waals surface area contributed by atoms with Gasteiger partial charge >= 0.3 is 0 Å². The number of carbonyl (C=O) groups excluding carboxylic acids is 1. The van der Waals surface area contributed by atoms with Crippen molar-refractivity contribution in [3.05, 3.63) is 61.3 Å². The van der Waals surface area contributed by atoms with Gasteiger partial charge in [0.1, 0.15) is 11.6 Å². The summed E-state index contributed by atoms with van der Waals surface area (Å²) in [5.74, 6) is -0.794. The Bertz CT molecular complexity index is 877. The maximum absolute atomic E-state index is 12.8. The fourth-order valence-corrected chi connectivity index (χ4v) is 2.76. The number of carbonyl (C=O) groups is 1. The molecule has 24 heavy (non-hydrogen) atoms. The van der Waals surface area contributed by atoms with E-state index in [9.17, 15) is 20.0 Å². The third kappa shape index (κ3) is 3.26. The van der Waals surface area contributed by atoms with Gasteiger partial charge in [0.15, 0.2) is 5.78 Å². The van der Waals surface area contributed by atoms with Crippen molar-refractivity contribution in [3.8, 4) is 11.9 Å². The number of nitriles is 1. The van der Waals surface area contributed by atoms with E-state index in [1.165, 1.54) is 6.92 Å². The van der Waals surface area contributed by atoms with Gasteiger partial charge in [0.2, 0.25) is 5.88 Å². The minimum Gasteiger partial charge on any atom is -0.494 e. The Morgan fingerprint density at radius 2 is 1.96 bits per heavy atom. The standard InChI is InChI=1S/C18H17BrN2O3/c1-3-4-9-21-17(23)14(10-20)11(2)15(18(21)24)16(22)12-5-7-13(19)8-6-12/h5-8,24H,3-4,9H2,1-2H3. The summed E-state index contributed by atoms with van der Waals surface area (Å²) in [4.78, 5) is 25.2. The fraction of sp³-hybridized carbons (Fsp3) is 0.278. The first kappa shape index (κ1) is 18.0. The normalized spacial score (nSPS) is 10.4. The summed E-state index contributed by atoms with van der Waals surface area (Å²) in [6, 6.07) is 8.55. The Morgan fingerprint density at radius 3 is 2.50 bits per heavy atom. The molecule has 0 amide bonds. The van der Waals surface area contributed by atoms with E-state index in [1.54, 1.807) is 24.3 Å². The first-order chi connectivity index (χ1) is 11.4. The summed E-state index contributed by atoms with van der Waals surface area (Å²) in [5.41, 5.74) is -0.0795. The Labute approximate surface area is 148 Å². The molecule has 2 aromatic rings. The number of pyridine rings is 1. The zero-order valence-corrected chi connectivity index (χ0v) is 15.1. The molecule has 0 saturated heterocycles. The summed E-state index contributed by atoms with van der Waals surface area (Å²) < 4.78 is 1.94. The lowest BCUT2D eigenvalue weighted by Crippen LogP contribution is -2.26. The van der Waals surface area contributed by atoms with E-state index in [-0.39, 0.29) is 29.1 Å². The van der Waals surface area contributed by atoms with Crippen molar-refractivity contribution in [3.63, 3.8) is 0 Å². The van der Waals surface area contributed by atoms with Crippen LogP contribution in [0.25, 0.3) is 0 Å². The quantitative estimate of drug-likeness (QED) is 0.794. The van der Waals surface area contributed by atoms with Gasteiger partial charge in [-0.25, -0.2) is 0 Å². The van der Waals surface area contributed by atoms with Crippen LogP contribution in [0.4, 0.5) is 0 Å². The molecule has 0 saturated carbocycles. The average molecular weight is 389 g/mol. The second kappa shape index (κ2) is 7.45. The highest BCUT2D eigenvalue weighted by Gasteiger charge is 2.24. The third-order valence-electron chi connectivity index (χ3n) is 3.87. The van der Waals surface area contributed by atoms with Crippen molar-refractivity contribution in [1.82, 2.24) is 4.57 Å². The van der Waals surface area contributed by atoms with E-state index in [0.29, 0.717) is 12.0 Å². The maximum atomic E-state index is 12.8. The molecule has 1 aromatic carbocycles. The zero-order valence-electron chi connectivity index (χ0n) is 13.5. The number of aromatic hydroxyl groups is 1. The highest BCUT2D eigenvalue weighted by Crippen LogP contribution is 2.25. The number of rotatable bonds is 5. The molecule has 1 heterocycles. The third-order valence-corrected chi connectivity index (χ3v) is 4.40. The number of hydrogen-bond acceptors (Lipinski definition) is 4. The Morgan fingerprint density at radius 1 is 1.33 bits per heavy atom. The van der Waals surface area contributed by atoms with E-state index in [1.807, 2.05) is 13.0 Å². The summed E-state index contributed by atoms with van der Waals surface area (Å²) in [7, 11) is 0. The molecule has 0 fully saturated rings. The van der Waals surface area contributed by atoms with Crippen LogP contribution in [0.15, 0.2) is 33.5 Å². The van der Waals surface area contributed by atoms with Crippen LogP contribution in [-0.4, -0.2) is 15.5 Å². The molecule has 2 rings (SSSR count). The maximum Gasteiger partial charge on any atom is 0.271 e. The largest absolute Gasteiger partial charge is 0.494 e. The number of nitrogens with zero attached hydrogens (tertiary/aromatic N) is 2. The van der Waals surface area contributed by atoms with Gasteiger partial charge in [0, 0.05) is 16.6 Å². The van der Waals surface area contributed by atoms with Gasteiger partial charge in [0.25, 0.3) is 5.56 Å². The number of halogens is 1. The van der Waals surface area contributed by atoms with Crippen LogP contribution in [-0.2, 0) is 6.54 Å². The first-order valence-corrected chi connectivity index (χ1v) is 8.38. The lowest BCUT2D eigenvalue weighted by molar-refractivity contribution is 0.103. The molecule has 0 unspecified atom stereocenters.